The molecular weight excluding hydrogens is 548 g/mol. The first-order valence-corrected chi connectivity index (χ1v) is 15.6. The summed E-state index contributed by atoms with van der Waals surface area (Å²) in [5.41, 5.74) is 0.843. The van der Waals surface area contributed by atoms with E-state index in [1.165, 1.54) is 6.92 Å². The molecule has 4 rings (SSSR count). The number of nitrogens with zero attached hydrogens (tertiary/aromatic N) is 3. The van der Waals surface area contributed by atoms with Crippen LogP contribution in [0.3, 0.4) is 0 Å². The number of ketones is 1. The second-order valence-corrected chi connectivity index (χ2v) is 13.5. The van der Waals surface area contributed by atoms with Crippen molar-refractivity contribution in [1.82, 2.24) is 20.2 Å². The topological polar surface area (TPSA) is 131 Å². The number of benzene rings is 1. The number of amides is 2. The molecule has 1 saturated carbocycles. The van der Waals surface area contributed by atoms with Gasteiger partial charge < -0.3 is 24.8 Å². The highest BCUT2D eigenvalue weighted by Gasteiger charge is 2.56. The number of hydrogen-bond acceptors (Lipinski definition) is 8. The summed E-state index contributed by atoms with van der Waals surface area (Å²) in [6.45, 7) is 11.8. The lowest BCUT2D eigenvalue weighted by atomic mass is 9.85. The fourth-order valence-corrected chi connectivity index (χ4v) is 6.53. The molecule has 10 heteroatoms. The lowest BCUT2D eigenvalue weighted by Gasteiger charge is -2.35. The molecular formula is C33H48N4O6. The van der Waals surface area contributed by atoms with E-state index in [0.29, 0.717) is 36.3 Å². The minimum Gasteiger partial charge on any atom is -0.497 e. The number of unbranched alkanes of at least 4 members (excludes halogenated alkanes) is 2. The van der Waals surface area contributed by atoms with Gasteiger partial charge in [0.15, 0.2) is 5.78 Å². The van der Waals surface area contributed by atoms with Gasteiger partial charge in [0, 0.05) is 18.5 Å². The molecule has 2 aromatic rings. The number of alkyl carbamates (subject to hydrolysis) is 1. The van der Waals surface area contributed by atoms with Gasteiger partial charge in [0.2, 0.25) is 11.8 Å². The summed E-state index contributed by atoms with van der Waals surface area (Å²) in [6, 6.07) is 4.17. The Balaban J connectivity index is 1.26. The van der Waals surface area contributed by atoms with E-state index < -0.39 is 29.2 Å². The molecule has 5 atom stereocenters. The van der Waals surface area contributed by atoms with Gasteiger partial charge in [-0.25, -0.2) is 14.8 Å². The van der Waals surface area contributed by atoms with Crippen molar-refractivity contribution in [3.8, 4) is 11.6 Å². The number of Topliss-reactive ketones (excluding diaryl/α,β-unsaturated/α-hetero) is 1. The van der Waals surface area contributed by atoms with Crippen LogP contribution >= 0.6 is 0 Å². The zero-order valence-corrected chi connectivity index (χ0v) is 26.7. The molecule has 0 bridgehead atoms. The molecule has 2 fully saturated rings. The molecule has 1 aromatic carbocycles. The van der Waals surface area contributed by atoms with Gasteiger partial charge in [0.25, 0.3) is 0 Å². The van der Waals surface area contributed by atoms with Crippen LogP contribution in [0.5, 0.6) is 11.6 Å². The van der Waals surface area contributed by atoms with Gasteiger partial charge in [-0.2, -0.15) is 0 Å². The molecule has 2 amide bonds. The molecule has 0 radical (unpaired) electrons. The third-order valence-corrected chi connectivity index (χ3v) is 9.23. The molecule has 1 aliphatic heterocycles. The molecule has 1 aromatic heterocycles. The number of aromatic hydroxyl groups is 1. The Bertz CT molecular complexity index is 1340. The Kier molecular flexibility index (Phi) is 9.86. The number of aromatic nitrogens is 2. The number of hydrogen-bond donors (Lipinski definition) is 2. The van der Waals surface area contributed by atoms with Gasteiger partial charge in [-0.15, -0.1) is 0 Å². The lowest BCUT2D eigenvalue weighted by Crippen LogP contribution is -2.57. The average Bonchev–Trinajstić information content (AvgIpc) is 3.48. The monoisotopic (exact) mass is 596 g/mol. The summed E-state index contributed by atoms with van der Waals surface area (Å²) in [5, 5.41) is 13.2. The average molecular weight is 597 g/mol. The summed E-state index contributed by atoms with van der Waals surface area (Å²) >= 11 is 0. The molecule has 43 heavy (non-hydrogen) atoms. The van der Waals surface area contributed by atoms with E-state index in [1.54, 1.807) is 18.1 Å². The third-order valence-electron chi connectivity index (χ3n) is 9.23. The van der Waals surface area contributed by atoms with Crippen molar-refractivity contribution in [2.45, 2.75) is 111 Å². The Morgan fingerprint density at radius 1 is 1.16 bits per heavy atom. The second-order valence-electron chi connectivity index (χ2n) is 13.5. The van der Waals surface area contributed by atoms with Crippen LogP contribution in [0, 0.1) is 17.3 Å². The third kappa shape index (κ3) is 7.39. The first-order valence-electron chi connectivity index (χ1n) is 15.6. The summed E-state index contributed by atoms with van der Waals surface area (Å²) in [6.07, 6.45) is 6.06. The highest BCUT2D eigenvalue weighted by Crippen LogP contribution is 2.52. The Morgan fingerprint density at radius 2 is 1.91 bits per heavy atom. The summed E-state index contributed by atoms with van der Waals surface area (Å²) in [7, 11) is 1.59. The predicted molar refractivity (Wildman–Crippen MR) is 164 cm³/mol. The van der Waals surface area contributed by atoms with Gasteiger partial charge >= 0.3 is 6.09 Å². The van der Waals surface area contributed by atoms with Crippen LogP contribution < -0.4 is 10.1 Å². The largest absolute Gasteiger partial charge is 0.497 e. The van der Waals surface area contributed by atoms with Crippen LogP contribution in [-0.2, 0) is 20.7 Å². The number of aryl methyl sites for hydroxylation is 1. The van der Waals surface area contributed by atoms with E-state index in [9.17, 15) is 19.5 Å². The molecule has 236 valence electrons. The smallest absolute Gasteiger partial charge is 0.408 e. The van der Waals surface area contributed by atoms with Crippen LogP contribution in [0.4, 0.5) is 4.79 Å². The van der Waals surface area contributed by atoms with Gasteiger partial charge in [-0.05, 0) is 68.9 Å². The SMILES string of the molecule is CC[C@@]1(OC(=O)NC(C(=O)N2CC[C@@H](C)[C@H]2C(C)=O)C(C)(C)C)C[C@H]1CCCCCc1nc2ccc(OC)cc2nc1O. The van der Waals surface area contributed by atoms with Crippen molar-refractivity contribution in [2.24, 2.45) is 17.3 Å². The van der Waals surface area contributed by atoms with E-state index in [4.69, 9.17) is 9.47 Å². The van der Waals surface area contributed by atoms with Gasteiger partial charge in [-0.3, -0.25) is 9.59 Å². The zero-order valence-electron chi connectivity index (χ0n) is 26.7. The first-order chi connectivity index (χ1) is 20.3. The van der Waals surface area contributed by atoms with Crippen LogP contribution in [0.25, 0.3) is 11.0 Å². The zero-order chi connectivity index (χ0) is 31.5. The Hall–Kier alpha value is -3.43. The van der Waals surface area contributed by atoms with Crippen molar-refractivity contribution < 1.29 is 29.0 Å². The minimum atomic E-state index is -0.796. The van der Waals surface area contributed by atoms with Gasteiger partial charge in [0.05, 0.1) is 24.2 Å². The molecule has 0 spiro atoms. The molecule has 2 aliphatic rings. The number of likely N-dealkylation sites (tertiary alicyclic amines) is 1. The summed E-state index contributed by atoms with van der Waals surface area (Å²) in [5.74, 6) is 0.741. The van der Waals surface area contributed by atoms with E-state index in [-0.39, 0.29) is 29.4 Å². The maximum absolute atomic E-state index is 13.6. The number of fused-ring (bicyclic) bond motifs is 1. The van der Waals surface area contributed by atoms with Crippen LogP contribution in [0.2, 0.25) is 0 Å². The molecule has 10 nitrogen and oxygen atoms in total. The van der Waals surface area contributed by atoms with Crippen molar-refractivity contribution in [3.63, 3.8) is 0 Å². The molecule has 1 saturated heterocycles. The summed E-state index contributed by atoms with van der Waals surface area (Å²) in [4.78, 5) is 49.5. The molecule has 2 heterocycles. The number of ether oxygens (including phenoxy) is 2. The Morgan fingerprint density at radius 3 is 2.56 bits per heavy atom. The standard InChI is InChI=1S/C33H48N4O6/c1-8-33(43-31(41)36-28(32(4,5)6)30(40)37-17-16-20(2)27(37)21(3)38)19-22(33)12-10-9-11-13-25-29(39)35-26-18-23(42-7)14-15-24(26)34-25/h14-15,18,20,22,27-28H,8-13,16-17,19H2,1-7H3,(H,35,39)(H,36,41)/t20-,22-,27+,28?,33-/m1/s1. The predicted octanol–water partition coefficient (Wildman–Crippen LogP) is 5.58. The first kappa shape index (κ1) is 32.5. The number of nitrogens with one attached hydrogen (secondary N) is 1. The van der Waals surface area contributed by atoms with Crippen LogP contribution in [-0.4, -0.2) is 69.1 Å². The summed E-state index contributed by atoms with van der Waals surface area (Å²) < 4.78 is 11.2. The van der Waals surface area contributed by atoms with E-state index >= 15 is 0 Å². The Labute approximate surface area is 254 Å². The van der Waals surface area contributed by atoms with Crippen molar-refractivity contribution >= 4 is 28.8 Å². The maximum Gasteiger partial charge on any atom is 0.408 e. The van der Waals surface area contributed by atoms with E-state index in [2.05, 4.69) is 15.3 Å². The molecule has 1 aliphatic carbocycles. The highest BCUT2D eigenvalue weighted by molar-refractivity contribution is 5.92. The van der Waals surface area contributed by atoms with E-state index in [1.807, 2.05) is 46.8 Å². The van der Waals surface area contributed by atoms with Crippen LogP contribution in [0.15, 0.2) is 18.2 Å². The lowest BCUT2D eigenvalue weighted by molar-refractivity contribution is -0.141. The van der Waals surface area contributed by atoms with Crippen molar-refractivity contribution in [1.29, 1.82) is 0 Å². The normalized spacial score (nSPS) is 24.1. The van der Waals surface area contributed by atoms with Gasteiger partial charge in [-0.1, -0.05) is 47.5 Å². The van der Waals surface area contributed by atoms with Crippen molar-refractivity contribution in [2.75, 3.05) is 13.7 Å². The fraction of sp³-hybridized carbons (Fsp3) is 0.667. The molecule has 1 unspecified atom stereocenters. The number of methoxy groups -OCH3 is 1. The van der Waals surface area contributed by atoms with E-state index in [0.717, 1.165) is 44.0 Å². The minimum absolute atomic E-state index is 0.0256. The fourth-order valence-electron chi connectivity index (χ4n) is 6.53. The van der Waals surface area contributed by atoms with Crippen molar-refractivity contribution in [3.05, 3.63) is 23.9 Å². The number of carbonyl (C=O) groups excluding carboxylic acids is 3. The quantitative estimate of drug-likeness (QED) is 0.304. The van der Waals surface area contributed by atoms with Crippen LogP contribution in [0.1, 0.15) is 92.2 Å². The highest BCUT2D eigenvalue weighted by atomic mass is 16.6. The number of carbonyl (C=O) groups is 3. The second kappa shape index (κ2) is 13.1. The maximum atomic E-state index is 13.6. The van der Waals surface area contributed by atoms with Gasteiger partial charge in [0.1, 0.15) is 23.1 Å². The number of rotatable bonds is 12. The molecule has 2 N–H and O–H groups in total.